The molecule has 2 atom stereocenters. The highest BCUT2D eigenvalue weighted by molar-refractivity contribution is 5.89. The number of carbonyl (C=O) groups excluding carboxylic acids is 1. The van der Waals surface area contributed by atoms with Gasteiger partial charge in [-0.25, -0.2) is 19.2 Å². The zero-order chi connectivity index (χ0) is 19.8. The van der Waals surface area contributed by atoms with E-state index in [0.717, 1.165) is 31.2 Å². The van der Waals surface area contributed by atoms with Gasteiger partial charge in [0.05, 0.1) is 11.0 Å². The van der Waals surface area contributed by atoms with Gasteiger partial charge in [0.15, 0.2) is 11.6 Å². The summed E-state index contributed by atoms with van der Waals surface area (Å²) < 4.78 is 19.3. The Hall–Kier alpha value is -3.34. The molecule has 2 unspecified atom stereocenters. The molecule has 0 radical (unpaired) electrons. The Balaban J connectivity index is 1.43. The zero-order valence-corrected chi connectivity index (χ0v) is 14.9. The van der Waals surface area contributed by atoms with Crippen LogP contribution in [-0.2, 0) is 0 Å². The van der Waals surface area contributed by atoms with Gasteiger partial charge in [-0.05, 0) is 19.5 Å². The molecule has 0 spiro atoms. The smallest absolute Gasteiger partial charge is 0.323 e. The lowest BCUT2D eigenvalue weighted by Gasteiger charge is -2.31. The van der Waals surface area contributed by atoms with Crippen LogP contribution in [0.5, 0.6) is 11.6 Å². The highest BCUT2D eigenvalue weighted by Crippen LogP contribution is 2.30. The van der Waals surface area contributed by atoms with Crippen LogP contribution in [0.25, 0.3) is 0 Å². The molecule has 3 heterocycles. The van der Waals surface area contributed by atoms with E-state index in [2.05, 4.69) is 20.2 Å². The number of likely N-dealkylation sites (N-methyl/N-ethyl adjacent to an activating group) is 1. The van der Waals surface area contributed by atoms with Crippen LogP contribution in [0.2, 0.25) is 0 Å². The molecule has 10 nitrogen and oxygen atoms in total. The maximum absolute atomic E-state index is 14.0. The van der Waals surface area contributed by atoms with E-state index >= 15 is 0 Å². The van der Waals surface area contributed by atoms with Crippen LogP contribution >= 0.6 is 0 Å². The number of amides is 2. The average Bonchev–Trinajstić information content (AvgIpc) is 3.23. The standard InChI is InChI=1S/C17H17FN6O4/c1-22-7-12-4-11(22)8-23(12)17(25)21-15-6-16(20-9-19-15)28-14-3-2-10(24(26)27)5-13(14)18/h2-3,5-6,9,11-12H,4,7-8H2,1H3,(H,19,20,21,25). The summed E-state index contributed by atoms with van der Waals surface area (Å²) in [6, 6.07) is 4.70. The summed E-state index contributed by atoms with van der Waals surface area (Å²) in [6.45, 7) is 1.51. The number of non-ortho nitro benzene ring substituents is 1. The van der Waals surface area contributed by atoms with E-state index in [4.69, 9.17) is 4.74 Å². The quantitative estimate of drug-likeness (QED) is 0.631. The van der Waals surface area contributed by atoms with Gasteiger partial charge in [0, 0.05) is 37.3 Å². The molecule has 2 amide bonds. The molecule has 1 aromatic carbocycles. The Kier molecular flexibility index (Phi) is 4.51. The fourth-order valence-electron chi connectivity index (χ4n) is 3.56. The summed E-state index contributed by atoms with van der Waals surface area (Å²) in [5.41, 5.74) is -0.383. The minimum absolute atomic E-state index is 0.000675. The number of nitro benzene ring substituents is 1. The minimum Gasteiger partial charge on any atom is -0.436 e. The van der Waals surface area contributed by atoms with E-state index in [-0.39, 0.29) is 35.2 Å². The number of benzene rings is 1. The van der Waals surface area contributed by atoms with Crippen molar-refractivity contribution in [1.82, 2.24) is 19.8 Å². The molecule has 2 bridgehead atoms. The fraction of sp³-hybridized carbons (Fsp3) is 0.353. The Bertz CT molecular complexity index is 940. The van der Waals surface area contributed by atoms with Crippen molar-refractivity contribution in [2.75, 3.05) is 25.5 Å². The maximum Gasteiger partial charge on any atom is 0.323 e. The maximum atomic E-state index is 14.0. The first-order valence-corrected chi connectivity index (χ1v) is 8.62. The SMILES string of the molecule is CN1CC2CC1CN2C(=O)Nc1cc(Oc2ccc([N+](=O)[O-])cc2F)ncn1. The molecule has 2 saturated heterocycles. The number of ether oxygens (including phenoxy) is 1. The van der Waals surface area contributed by atoms with Crippen LogP contribution in [0.1, 0.15) is 6.42 Å². The second kappa shape index (κ2) is 7.00. The highest BCUT2D eigenvalue weighted by atomic mass is 19.1. The number of nitrogens with one attached hydrogen (secondary N) is 1. The number of aromatic nitrogens is 2. The zero-order valence-electron chi connectivity index (χ0n) is 14.9. The van der Waals surface area contributed by atoms with Gasteiger partial charge in [-0.1, -0.05) is 0 Å². The lowest BCUT2D eigenvalue weighted by molar-refractivity contribution is -0.385. The first kappa shape index (κ1) is 18.0. The van der Waals surface area contributed by atoms with Crippen LogP contribution in [0.3, 0.4) is 0 Å². The number of fused-ring (bicyclic) bond motifs is 2. The van der Waals surface area contributed by atoms with Crippen LogP contribution in [-0.4, -0.2) is 62.9 Å². The van der Waals surface area contributed by atoms with Crippen molar-refractivity contribution in [2.45, 2.75) is 18.5 Å². The number of nitrogens with zero attached hydrogens (tertiary/aromatic N) is 5. The van der Waals surface area contributed by atoms with Gasteiger partial charge >= 0.3 is 6.03 Å². The van der Waals surface area contributed by atoms with Gasteiger partial charge in [-0.3, -0.25) is 20.3 Å². The third-order valence-electron chi connectivity index (χ3n) is 4.99. The molecule has 28 heavy (non-hydrogen) atoms. The van der Waals surface area contributed by atoms with Crippen molar-refractivity contribution < 1.29 is 18.8 Å². The molecule has 2 aromatic rings. The molecule has 2 aliphatic heterocycles. The van der Waals surface area contributed by atoms with E-state index in [1.165, 1.54) is 12.4 Å². The summed E-state index contributed by atoms with van der Waals surface area (Å²) in [5, 5.41) is 13.4. The van der Waals surface area contributed by atoms with Gasteiger partial charge in [-0.15, -0.1) is 0 Å². The lowest BCUT2D eigenvalue weighted by atomic mass is 10.2. The Morgan fingerprint density at radius 2 is 2.14 bits per heavy atom. The number of anilines is 1. The normalized spacial score (nSPS) is 21.0. The van der Waals surface area contributed by atoms with Gasteiger partial charge in [0.2, 0.25) is 5.88 Å². The summed E-state index contributed by atoms with van der Waals surface area (Å²) in [5.74, 6) is -0.897. The Morgan fingerprint density at radius 3 is 2.79 bits per heavy atom. The van der Waals surface area contributed by atoms with E-state index in [9.17, 15) is 19.3 Å². The number of hydrogen-bond donors (Lipinski definition) is 1. The van der Waals surface area contributed by atoms with Gasteiger partial charge in [0.1, 0.15) is 12.1 Å². The average molecular weight is 388 g/mol. The fourth-order valence-corrected chi connectivity index (χ4v) is 3.56. The molecule has 0 saturated carbocycles. The van der Waals surface area contributed by atoms with Crippen LogP contribution < -0.4 is 10.1 Å². The topological polar surface area (TPSA) is 114 Å². The molecule has 2 fully saturated rings. The molecule has 1 N–H and O–H groups in total. The molecular formula is C17H17FN6O4. The van der Waals surface area contributed by atoms with E-state index in [0.29, 0.717) is 12.6 Å². The van der Waals surface area contributed by atoms with Crippen molar-refractivity contribution in [3.63, 3.8) is 0 Å². The highest BCUT2D eigenvalue weighted by Gasteiger charge is 2.43. The molecular weight excluding hydrogens is 371 g/mol. The Morgan fingerprint density at radius 1 is 1.32 bits per heavy atom. The predicted octanol–water partition coefficient (Wildman–Crippen LogP) is 2.24. The number of rotatable bonds is 4. The minimum atomic E-state index is -0.893. The number of hydrogen-bond acceptors (Lipinski definition) is 7. The lowest BCUT2D eigenvalue weighted by Crippen LogP contribution is -2.48. The van der Waals surface area contributed by atoms with Crippen molar-refractivity contribution in [3.8, 4) is 11.6 Å². The molecule has 4 rings (SSSR count). The Labute approximate surface area is 159 Å². The molecule has 146 valence electrons. The largest absolute Gasteiger partial charge is 0.436 e. The predicted molar refractivity (Wildman–Crippen MR) is 95.7 cm³/mol. The first-order chi connectivity index (χ1) is 13.4. The van der Waals surface area contributed by atoms with Crippen LogP contribution in [0.4, 0.5) is 20.7 Å². The molecule has 2 aliphatic rings. The van der Waals surface area contributed by atoms with Gasteiger partial charge in [-0.2, -0.15) is 0 Å². The van der Waals surface area contributed by atoms with Gasteiger partial charge in [0.25, 0.3) is 5.69 Å². The van der Waals surface area contributed by atoms with E-state index in [1.54, 1.807) is 4.90 Å². The van der Waals surface area contributed by atoms with Crippen molar-refractivity contribution in [3.05, 3.63) is 46.5 Å². The third kappa shape index (κ3) is 3.43. The van der Waals surface area contributed by atoms with Crippen molar-refractivity contribution >= 4 is 17.5 Å². The third-order valence-corrected chi connectivity index (χ3v) is 4.99. The van der Waals surface area contributed by atoms with Crippen LogP contribution in [0, 0.1) is 15.9 Å². The van der Waals surface area contributed by atoms with Gasteiger partial charge < -0.3 is 9.64 Å². The number of piperazine rings is 1. The number of carbonyl (C=O) groups is 1. The number of nitro groups is 1. The number of likely N-dealkylation sites (tertiary alicyclic amines) is 2. The van der Waals surface area contributed by atoms with E-state index < -0.39 is 10.7 Å². The second-order valence-electron chi connectivity index (χ2n) is 6.78. The summed E-state index contributed by atoms with van der Waals surface area (Å²) in [7, 11) is 2.05. The van der Waals surface area contributed by atoms with Crippen molar-refractivity contribution in [1.29, 1.82) is 0 Å². The number of urea groups is 1. The van der Waals surface area contributed by atoms with E-state index in [1.807, 2.05) is 7.05 Å². The van der Waals surface area contributed by atoms with Crippen molar-refractivity contribution in [2.24, 2.45) is 0 Å². The van der Waals surface area contributed by atoms with Crippen LogP contribution in [0.15, 0.2) is 30.6 Å². The molecule has 11 heteroatoms. The molecule has 1 aromatic heterocycles. The first-order valence-electron chi connectivity index (χ1n) is 8.62. The molecule has 0 aliphatic carbocycles. The number of halogens is 1. The summed E-state index contributed by atoms with van der Waals surface area (Å²) >= 11 is 0. The summed E-state index contributed by atoms with van der Waals surface area (Å²) in [6.07, 6.45) is 2.14. The monoisotopic (exact) mass is 388 g/mol. The summed E-state index contributed by atoms with van der Waals surface area (Å²) in [4.78, 5) is 34.4. The second-order valence-corrected chi connectivity index (χ2v) is 6.78.